The van der Waals surface area contributed by atoms with Gasteiger partial charge in [0.25, 0.3) is 0 Å². The van der Waals surface area contributed by atoms with Crippen molar-refractivity contribution in [2.24, 2.45) is 4.99 Å². The standard InChI is InChI=1S/C16H19N3/c1-17-16(19-14-9-10-14)18-11-13-7-4-6-12-5-2-3-8-15(12)13/h2-8,14H,9-11H2,1H3,(H2,17,18,19). The van der Waals surface area contributed by atoms with Crippen molar-refractivity contribution in [1.29, 1.82) is 0 Å². The molecule has 1 saturated carbocycles. The first-order chi connectivity index (χ1) is 9.36. The van der Waals surface area contributed by atoms with Gasteiger partial charge in [-0.15, -0.1) is 0 Å². The van der Waals surface area contributed by atoms with Gasteiger partial charge in [0.2, 0.25) is 0 Å². The number of nitrogens with one attached hydrogen (secondary N) is 2. The molecule has 0 atom stereocenters. The largest absolute Gasteiger partial charge is 0.354 e. The summed E-state index contributed by atoms with van der Waals surface area (Å²) in [6, 6.07) is 15.5. The predicted molar refractivity (Wildman–Crippen MR) is 80.3 cm³/mol. The van der Waals surface area contributed by atoms with Gasteiger partial charge in [0.05, 0.1) is 0 Å². The highest BCUT2D eigenvalue weighted by molar-refractivity contribution is 5.86. The molecule has 0 unspecified atom stereocenters. The summed E-state index contributed by atoms with van der Waals surface area (Å²) in [5.74, 6) is 0.899. The Morgan fingerprint density at radius 1 is 1.16 bits per heavy atom. The van der Waals surface area contributed by atoms with E-state index in [0.29, 0.717) is 6.04 Å². The van der Waals surface area contributed by atoms with Crippen molar-refractivity contribution in [3.8, 4) is 0 Å². The quantitative estimate of drug-likeness (QED) is 0.652. The fourth-order valence-electron chi connectivity index (χ4n) is 2.24. The van der Waals surface area contributed by atoms with Gasteiger partial charge in [0, 0.05) is 19.6 Å². The zero-order valence-electron chi connectivity index (χ0n) is 11.2. The van der Waals surface area contributed by atoms with Crippen molar-refractivity contribution in [3.63, 3.8) is 0 Å². The fraction of sp³-hybridized carbons (Fsp3) is 0.312. The lowest BCUT2D eigenvalue weighted by Crippen LogP contribution is -2.38. The minimum absolute atomic E-state index is 0.624. The summed E-state index contributed by atoms with van der Waals surface area (Å²) in [5, 5.41) is 9.38. The fourth-order valence-corrected chi connectivity index (χ4v) is 2.24. The third-order valence-electron chi connectivity index (χ3n) is 3.47. The van der Waals surface area contributed by atoms with Crippen LogP contribution in [0, 0.1) is 0 Å². The summed E-state index contributed by atoms with van der Waals surface area (Å²) in [4.78, 5) is 4.26. The lowest BCUT2D eigenvalue weighted by molar-refractivity contribution is 0.808. The third-order valence-corrected chi connectivity index (χ3v) is 3.47. The number of hydrogen-bond donors (Lipinski definition) is 2. The topological polar surface area (TPSA) is 36.4 Å². The Morgan fingerprint density at radius 2 is 1.95 bits per heavy atom. The van der Waals surface area contributed by atoms with Crippen molar-refractivity contribution in [2.75, 3.05) is 7.05 Å². The van der Waals surface area contributed by atoms with Crippen molar-refractivity contribution in [2.45, 2.75) is 25.4 Å². The average Bonchev–Trinajstić information content (AvgIpc) is 3.27. The second-order valence-corrected chi connectivity index (χ2v) is 4.98. The molecule has 0 saturated heterocycles. The maximum atomic E-state index is 4.26. The monoisotopic (exact) mass is 253 g/mol. The molecule has 3 nitrogen and oxygen atoms in total. The molecule has 0 radical (unpaired) electrons. The Kier molecular flexibility index (Phi) is 3.36. The van der Waals surface area contributed by atoms with E-state index in [1.807, 2.05) is 7.05 Å². The normalized spacial score (nSPS) is 15.5. The first-order valence-electron chi connectivity index (χ1n) is 6.80. The van der Waals surface area contributed by atoms with Crippen LogP contribution in [-0.4, -0.2) is 19.0 Å². The zero-order valence-corrected chi connectivity index (χ0v) is 11.2. The first-order valence-corrected chi connectivity index (χ1v) is 6.80. The molecule has 0 spiro atoms. The van der Waals surface area contributed by atoms with Gasteiger partial charge < -0.3 is 10.6 Å². The molecule has 2 aromatic rings. The van der Waals surface area contributed by atoms with Crippen LogP contribution in [-0.2, 0) is 6.54 Å². The highest BCUT2D eigenvalue weighted by atomic mass is 15.2. The number of nitrogens with zero attached hydrogens (tertiary/aromatic N) is 1. The highest BCUT2D eigenvalue weighted by Gasteiger charge is 2.21. The van der Waals surface area contributed by atoms with Crippen LogP contribution in [0.4, 0.5) is 0 Å². The first kappa shape index (κ1) is 12.0. The van der Waals surface area contributed by atoms with Crippen LogP contribution < -0.4 is 10.6 Å². The van der Waals surface area contributed by atoms with Crippen molar-refractivity contribution in [1.82, 2.24) is 10.6 Å². The molecule has 1 aliphatic rings. The Morgan fingerprint density at radius 3 is 2.74 bits per heavy atom. The van der Waals surface area contributed by atoms with Crippen LogP contribution in [0.1, 0.15) is 18.4 Å². The molecule has 19 heavy (non-hydrogen) atoms. The summed E-state index contributed by atoms with van der Waals surface area (Å²) in [6.07, 6.45) is 2.52. The average molecular weight is 253 g/mol. The summed E-state index contributed by atoms with van der Waals surface area (Å²) in [7, 11) is 1.82. The summed E-state index contributed by atoms with van der Waals surface area (Å²) < 4.78 is 0. The van der Waals surface area contributed by atoms with E-state index in [0.717, 1.165) is 12.5 Å². The molecule has 0 aromatic heterocycles. The molecule has 0 amide bonds. The van der Waals surface area contributed by atoms with E-state index >= 15 is 0 Å². The number of aliphatic imine (C=N–C) groups is 1. The molecular weight excluding hydrogens is 234 g/mol. The van der Waals surface area contributed by atoms with Gasteiger partial charge in [-0.1, -0.05) is 42.5 Å². The molecule has 3 heteroatoms. The van der Waals surface area contributed by atoms with Gasteiger partial charge in [0.15, 0.2) is 5.96 Å². The Labute approximate surface area is 113 Å². The number of benzene rings is 2. The smallest absolute Gasteiger partial charge is 0.191 e. The molecule has 0 heterocycles. The SMILES string of the molecule is CN=C(NCc1cccc2ccccc12)NC1CC1. The van der Waals surface area contributed by atoms with Crippen molar-refractivity contribution >= 4 is 16.7 Å². The molecule has 98 valence electrons. The van der Waals surface area contributed by atoms with E-state index in [1.165, 1.54) is 29.2 Å². The number of guanidine groups is 1. The van der Waals surface area contributed by atoms with Gasteiger partial charge in [-0.25, -0.2) is 0 Å². The molecule has 1 aliphatic carbocycles. The lowest BCUT2D eigenvalue weighted by Gasteiger charge is -2.12. The summed E-state index contributed by atoms with van der Waals surface area (Å²) >= 11 is 0. The third kappa shape index (κ3) is 2.87. The second-order valence-electron chi connectivity index (χ2n) is 4.98. The Hall–Kier alpha value is -2.03. The second kappa shape index (κ2) is 5.31. The molecule has 3 rings (SSSR count). The van der Waals surface area contributed by atoms with Crippen molar-refractivity contribution in [3.05, 3.63) is 48.0 Å². The minimum Gasteiger partial charge on any atom is -0.354 e. The summed E-state index contributed by atoms with van der Waals surface area (Å²) in [5.41, 5.74) is 1.30. The molecule has 0 bridgehead atoms. The maximum absolute atomic E-state index is 4.26. The van der Waals surface area contributed by atoms with Crippen LogP contribution in [0.25, 0.3) is 10.8 Å². The molecular formula is C16H19N3. The van der Waals surface area contributed by atoms with Gasteiger partial charge in [-0.3, -0.25) is 4.99 Å². The van der Waals surface area contributed by atoms with Gasteiger partial charge in [-0.2, -0.15) is 0 Å². The molecule has 2 aromatic carbocycles. The van der Waals surface area contributed by atoms with Crippen LogP contribution in [0.2, 0.25) is 0 Å². The Balaban J connectivity index is 1.73. The van der Waals surface area contributed by atoms with Crippen LogP contribution >= 0.6 is 0 Å². The van der Waals surface area contributed by atoms with Crippen LogP contribution in [0.3, 0.4) is 0 Å². The van der Waals surface area contributed by atoms with Gasteiger partial charge >= 0.3 is 0 Å². The number of rotatable bonds is 3. The van der Waals surface area contributed by atoms with E-state index in [9.17, 15) is 0 Å². The minimum atomic E-state index is 0.624. The highest BCUT2D eigenvalue weighted by Crippen LogP contribution is 2.19. The molecule has 2 N–H and O–H groups in total. The van der Waals surface area contributed by atoms with Gasteiger partial charge in [-0.05, 0) is 29.2 Å². The Bertz CT molecular complexity index is 594. The lowest BCUT2D eigenvalue weighted by atomic mass is 10.0. The zero-order chi connectivity index (χ0) is 13.1. The number of fused-ring (bicyclic) bond motifs is 1. The van der Waals surface area contributed by atoms with Crippen LogP contribution in [0.15, 0.2) is 47.5 Å². The van der Waals surface area contributed by atoms with E-state index in [1.54, 1.807) is 0 Å². The summed E-state index contributed by atoms with van der Waals surface area (Å²) in [6.45, 7) is 0.799. The molecule has 1 fully saturated rings. The molecule has 0 aliphatic heterocycles. The number of hydrogen-bond acceptors (Lipinski definition) is 1. The van der Waals surface area contributed by atoms with E-state index < -0.39 is 0 Å². The van der Waals surface area contributed by atoms with Crippen molar-refractivity contribution < 1.29 is 0 Å². The maximum Gasteiger partial charge on any atom is 0.191 e. The predicted octanol–water partition coefficient (Wildman–Crippen LogP) is 2.67. The van der Waals surface area contributed by atoms with E-state index in [4.69, 9.17) is 0 Å². The van der Waals surface area contributed by atoms with Gasteiger partial charge in [0.1, 0.15) is 0 Å². The van der Waals surface area contributed by atoms with Crippen LogP contribution in [0.5, 0.6) is 0 Å². The van der Waals surface area contributed by atoms with E-state index in [2.05, 4.69) is 58.1 Å². The van der Waals surface area contributed by atoms with E-state index in [-0.39, 0.29) is 0 Å².